The Kier molecular flexibility index (Phi) is 10.4. The lowest BCUT2D eigenvalue weighted by Crippen LogP contribution is -2.43. The Morgan fingerprint density at radius 2 is 1.56 bits per heavy atom. The zero-order valence-corrected chi connectivity index (χ0v) is 23.0. The van der Waals surface area contributed by atoms with Crippen LogP contribution in [0.15, 0.2) is 72.8 Å². The number of piperidine rings is 2. The second kappa shape index (κ2) is 14.1. The average molecular weight is 560 g/mol. The number of methoxy groups -OCH3 is 1. The van der Waals surface area contributed by atoms with Crippen molar-refractivity contribution in [1.29, 1.82) is 0 Å². The molecule has 0 aromatic heterocycles. The summed E-state index contributed by atoms with van der Waals surface area (Å²) in [6, 6.07) is 24.0. The molecule has 8 heteroatoms. The Labute approximate surface area is 243 Å². The van der Waals surface area contributed by atoms with E-state index >= 15 is 0 Å². The van der Waals surface area contributed by atoms with Crippen molar-refractivity contribution in [3.8, 4) is 22.6 Å². The molecule has 1 amide bonds. The lowest BCUT2D eigenvalue weighted by molar-refractivity contribution is -0.385. The summed E-state index contributed by atoms with van der Waals surface area (Å²) in [5, 5.41) is 11.1. The van der Waals surface area contributed by atoms with E-state index in [0.717, 1.165) is 45.3 Å². The first-order valence-electron chi connectivity index (χ1n) is 14.1. The first-order chi connectivity index (χ1) is 19.5. The third kappa shape index (κ3) is 7.64. The number of nitro groups is 1. The lowest BCUT2D eigenvalue weighted by atomic mass is 9.88. The predicted molar refractivity (Wildman–Crippen MR) is 162 cm³/mol. The number of nitro benzene ring substituents is 1. The highest BCUT2D eigenvalue weighted by Gasteiger charge is 2.26. The van der Waals surface area contributed by atoms with E-state index in [4.69, 9.17) is 9.47 Å². The third-order valence-electron chi connectivity index (χ3n) is 8.16. The topological polar surface area (TPSA) is 85.2 Å². The number of hydrogen-bond acceptors (Lipinski definition) is 6. The van der Waals surface area contributed by atoms with E-state index in [1.54, 1.807) is 12.1 Å². The van der Waals surface area contributed by atoms with Crippen LogP contribution in [0, 0.1) is 10.1 Å². The van der Waals surface area contributed by atoms with Gasteiger partial charge in [-0.3, -0.25) is 14.9 Å². The molecule has 0 aliphatic carbocycles. The van der Waals surface area contributed by atoms with Gasteiger partial charge in [-0.25, -0.2) is 0 Å². The summed E-state index contributed by atoms with van der Waals surface area (Å²) >= 11 is 0. The highest BCUT2D eigenvalue weighted by Crippen LogP contribution is 2.32. The maximum absolute atomic E-state index is 12.9. The van der Waals surface area contributed by atoms with Crippen LogP contribution >= 0.6 is 0 Å². The van der Waals surface area contributed by atoms with Crippen molar-refractivity contribution in [2.45, 2.75) is 51.6 Å². The molecule has 0 saturated carbocycles. The van der Waals surface area contributed by atoms with Gasteiger partial charge in [0.15, 0.2) is 0 Å². The van der Waals surface area contributed by atoms with Crippen molar-refractivity contribution < 1.29 is 19.2 Å². The van der Waals surface area contributed by atoms with Crippen molar-refractivity contribution in [1.82, 2.24) is 9.80 Å². The van der Waals surface area contributed by atoms with Gasteiger partial charge in [0.05, 0.1) is 12.0 Å². The third-order valence-corrected chi connectivity index (χ3v) is 8.16. The fourth-order valence-corrected chi connectivity index (χ4v) is 5.78. The van der Waals surface area contributed by atoms with Crippen LogP contribution in [0.25, 0.3) is 11.1 Å². The summed E-state index contributed by atoms with van der Waals surface area (Å²) in [5.41, 5.74) is 3.82. The molecule has 2 heterocycles. The van der Waals surface area contributed by atoms with Gasteiger partial charge in [-0.2, -0.15) is 0 Å². The molecule has 3 aromatic carbocycles. The SMILES string of the molecule is C.COc1cc(OC2CCN(C(=O)CCN3CCC(c4ccc(-c5ccccc5)cc4)CC3)CC2)ccc1[N+](=O)[O-]. The highest BCUT2D eigenvalue weighted by atomic mass is 16.6. The Hall–Kier alpha value is -3.91. The normalized spacial score (nSPS) is 16.6. The smallest absolute Gasteiger partial charge is 0.311 e. The minimum absolute atomic E-state index is 0. The van der Waals surface area contributed by atoms with E-state index in [2.05, 4.69) is 53.4 Å². The number of rotatable bonds is 9. The van der Waals surface area contributed by atoms with Crippen LogP contribution in [0.1, 0.15) is 51.0 Å². The van der Waals surface area contributed by atoms with Gasteiger partial charge in [-0.05, 0) is 54.6 Å². The first kappa shape index (κ1) is 30.1. The Morgan fingerprint density at radius 3 is 2.20 bits per heavy atom. The summed E-state index contributed by atoms with van der Waals surface area (Å²) in [7, 11) is 1.41. The van der Waals surface area contributed by atoms with Crippen molar-refractivity contribution in [3.05, 3.63) is 88.5 Å². The van der Waals surface area contributed by atoms with Crippen LogP contribution in [0.3, 0.4) is 0 Å². The lowest BCUT2D eigenvalue weighted by Gasteiger charge is -2.34. The number of ether oxygens (including phenoxy) is 2. The molecule has 0 radical (unpaired) electrons. The molecule has 2 saturated heterocycles. The fraction of sp³-hybridized carbons (Fsp3) is 0.424. The van der Waals surface area contributed by atoms with E-state index in [1.807, 2.05) is 11.0 Å². The van der Waals surface area contributed by atoms with Gasteiger partial charge in [0.25, 0.3) is 0 Å². The molecule has 0 bridgehead atoms. The Morgan fingerprint density at radius 1 is 0.902 bits per heavy atom. The molecule has 218 valence electrons. The average Bonchev–Trinajstić information content (AvgIpc) is 3.01. The minimum Gasteiger partial charge on any atom is -0.490 e. The molecule has 8 nitrogen and oxygen atoms in total. The number of nitrogens with zero attached hydrogens (tertiary/aromatic N) is 3. The Balaban J connectivity index is 0.00000387. The van der Waals surface area contributed by atoms with Gasteiger partial charge in [0, 0.05) is 51.0 Å². The van der Waals surface area contributed by atoms with E-state index in [9.17, 15) is 14.9 Å². The van der Waals surface area contributed by atoms with Crippen molar-refractivity contribution in [2.24, 2.45) is 0 Å². The number of carbonyl (C=O) groups is 1. The molecule has 2 fully saturated rings. The zero-order chi connectivity index (χ0) is 27.9. The van der Waals surface area contributed by atoms with E-state index in [1.165, 1.54) is 29.9 Å². The first-order valence-corrected chi connectivity index (χ1v) is 14.1. The van der Waals surface area contributed by atoms with Crippen LogP contribution in [0.2, 0.25) is 0 Å². The molecule has 5 rings (SSSR count). The van der Waals surface area contributed by atoms with Crippen LogP contribution in [0.5, 0.6) is 11.5 Å². The molecule has 0 N–H and O–H groups in total. The zero-order valence-electron chi connectivity index (χ0n) is 23.0. The molecule has 0 spiro atoms. The standard InChI is InChI=1S/C32H37N3O5.CH4/c1-39-31-23-29(11-12-30(31)35(37)38)40-28-15-21-34(22-16-28)32(36)17-20-33-18-13-27(14-19-33)26-9-7-25(8-10-26)24-5-3-2-4-6-24;/h2-12,23,27-28H,13-22H2,1H3;1H4. The van der Waals surface area contributed by atoms with E-state index < -0.39 is 4.92 Å². The monoisotopic (exact) mass is 559 g/mol. The van der Waals surface area contributed by atoms with Gasteiger partial charge in [-0.15, -0.1) is 0 Å². The van der Waals surface area contributed by atoms with E-state index in [-0.39, 0.29) is 30.9 Å². The molecule has 3 aromatic rings. The second-order valence-electron chi connectivity index (χ2n) is 10.6. The van der Waals surface area contributed by atoms with Crippen LogP contribution < -0.4 is 9.47 Å². The largest absolute Gasteiger partial charge is 0.490 e. The maximum Gasteiger partial charge on any atom is 0.311 e. The van der Waals surface area contributed by atoms with Gasteiger partial charge < -0.3 is 19.3 Å². The van der Waals surface area contributed by atoms with Crippen LogP contribution in [-0.2, 0) is 4.79 Å². The highest BCUT2D eigenvalue weighted by molar-refractivity contribution is 5.76. The molecular formula is C33H41N3O5. The quantitative estimate of drug-likeness (QED) is 0.218. The number of likely N-dealkylation sites (tertiary alicyclic amines) is 2. The molecule has 41 heavy (non-hydrogen) atoms. The van der Waals surface area contributed by atoms with Gasteiger partial charge in [-0.1, -0.05) is 62.0 Å². The number of carbonyl (C=O) groups excluding carboxylic acids is 1. The number of amides is 1. The van der Waals surface area contributed by atoms with E-state index in [0.29, 0.717) is 31.2 Å². The molecule has 2 aliphatic heterocycles. The van der Waals surface area contributed by atoms with Crippen LogP contribution in [0.4, 0.5) is 5.69 Å². The minimum atomic E-state index is -0.473. The van der Waals surface area contributed by atoms with Crippen molar-refractivity contribution in [3.63, 3.8) is 0 Å². The molecule has 2 aliphatic rings. The van der Waals surface area contributed by atoms with Gasteiger partial charge in [0.1, 0.15) is 11.9 Å². The van der Waals surface area contributed by atoms with Crippen molar-refractivity contribution in [2.75, 3.05) is 39.8 Å². The summed E-state index contributed by atoms with van der Waals surface area (Å²) < 4.78 is 11.2. The summed E-state index contributed by atoms with van der Waals surface area (Å²) in [6.45, 7) is 4.17. The summed E-state index contributed by atoms with van der Waals surface area (Å²) in [6.07, 6.45) is 4.22. The van der Waals surface area contributed by atoms with Crippen molar-refractivity contribution >= 4 is 11.6 Å². The second-order valence-corrected chi connectivity index (χ2v) is 10.6. The Bertz CT molecular complexity index is 1280. The number of hydrogen-bond donors (Lipinski definition) is 0. The summed E-state index contributed by atoms with van der Waals surface area (Å²) in [4.78, 5) is 27.9. The summed E-state index contributed by atoms with van der Waals surface area (Å²) in [5.74, 6) is 1.50. The molecule has 0 unspecified atom stereocenters. The van der Waals surface area contributed by atoms with Crippen LogP contribution in [-0.4, -0.2) is 66.6 Å². The molecular weight excluding hydrogens is 518 g/mol. The fourth-order valence-electron chi connectivity index (χ4n) is 5.78. The maximum atomic E-state index is 12.9. The molecule has 0 atom stereocenters. The van der Waals surface area contributed by atoms with Gasteiger partial charge >= 0.3 is 5.69 Å². The predicted octanol–water partition coefficient (Wildman–Crippen LogP) is 6.55. The van der Waals surface area contributed by atoms with Gasteiger partial charge in [0.2, 0.25) is 11.7 Å². The number of benzene rings is 3.